The van der Waals surface area contributed by atoms with Crippen LogP contribution in [-0.4, -0.2) is 81.0 Å². The Morgan fingerprint density at radius 3 is 1.69 bits per heavy atom. The number of hydrogen-bond acceptors (Lipinski definition) is 5. The SMILES string of the molecule is O=C(COC1CCC(Cl)C(Cl)C1)NC12CCC(NC(=O)COC3CCC(Cl)C(Cl)C3)(CC1)[C@@H](O)C2. The molecular formula is C24H36Cl4N2O5. The van der Waals surface area contributed by atoms with Gasteiger partial charge in [-0.05, 0) is 70.6 Å². The molecule has 5 rings (SSSR count). The molecular weight excluding hydrogens is 538 g/mol. The molecule has 200 valence electrons. The average molecular weight is 574 g/mol. The Hall–Kier alpha value is -0.0200. The van der Waals surface area contributed by atoms with Crippen molar-refractivity contribution < 1.29 is 24.2 Å². The highest BCUT2D eigenvalue weighted by Gasteiger charge is 2.55. The predicted molar refractivity (Wildman–Crippen MR) is 137 cm³/mol. The number of amides is 2. The fraction of sp³-hybridized carbons (Fsp3) is 0.917. The summed E-state index contributed by atoms with van der Waals surface area (Å²) >= 11 is 24.8. The first-order chi connectivity index (χ1) is 16.6. The number of fused-ring (bicyclic) bond motifs is 3. The molecule has 0 saturated heterocycles. The van der Waals surface area contributed by atoms with E-state index in [2.05, 4.69) is 10.6 Å². The van der Waals surface area contributed by atoms with Crippen molar-refractivity contribution in [2.45, 2.75) is 122 Å². The molecule has 7 nitrogen and oxygen atoms in total. The Balaban J connectivity index is 1.20. The lowest BCUT2D eigenvalue weighted by molar-refractivity contribution is -0.141. The van der Waals surface area contributed by atoms with Gasteiger partial charge in [-0.1, -0.05) is 0 Å². The highest BCUT2D eigenvalue weighted by Crippen LogP contribution is 2.47. The molecule has 0 aromatic heterocycles. The summed E-state index contributed by atoms with van der Waals surface area (Å²) in [7, 11) is 0. The van der Waals surface area contributed by atoms with Crippen LogP contribution in [0.4, 0.5) is 0 Å². The van der Waals surface area contributed by atoms with Crippen molar-refractivity contribution >= 4 is 58.2 Å². The number of nitrogens with one attached hydrogen (secondary N) is 2. The molecule has 5 saturated carbocycles. The maximum Gasteiger partial charge on any atom is 0.246 e. The number of aliphatic hydroxyl groups excluding tert-OH is 1. The fourth-order valence-corrected chi connectivity index (χ4v) is 7.19. The molecule has 5 fully saturated rings. The highest BCUT2D eigenvalue weighted by atomic mass is 35.5. The molecule has 0 aromatic carbocycles. The second kappa shape index (κ2) is 11.8. The third kappa shape index (κ3) is 6.90. The normalized spacial score (nSPS) is 43.5. The monoisotopic (exact) mass is 572 g/mol. The maximum atomic E-state index is 12.7. The van der Waals surface area contributed by atoms with Crippen LogP contribution in [-0.2, 0) is 19.1 Å². The first kappa shape index (κ1) is 28.0. The molecule has 35 heavy (non-hydrogen) atoms. The topological polar surface area (TPSA) is 96.9 Å². The lowest BCUT2D eigenvalue weighted by Crippen LogP contribution is -2.70. The van der Waals surface area contributed by atoms with Crippen molar-refractivity contribution in [1.29, 1.82) is 0 Å². The number of carbonyl (C=O) groups excluding carboxylic acids is 2. The molecule has 7 atom stereocenters. The summed E-state index contributed by atoms with van der Waals surface area (Å²) in [6, 6.07) is 0. The highest BCUT2D eigenvalue weighted by molar-refractivity contribution is 6.30. The molecule has 3 N–H and O–H groups in total. The van der Waals surface area contributed by atoms with Crippen molar-refractivity contribution in [3.8, 4) is 0 Å². The Bertz CT molecular complexity index is 766. The summed E-state index contributed by atoms with van der Waals surface area (Å²) in [4.78, 5) is 25.3. The summed E-state index contributed by atoms with van der Waals surface area (Å²) in [5.41, 5.74) is -1.15. The van der Waals surface area contributed by atoms with Crippen LogP contribution in [0, 0.1) is 0 Å². The van der Waals surface area contributed by atoms with Gasteiger partial charge in [0.2, 0.25) is 11.8 Å². The van der Waals surface area contributed by atoms with Gasteiger partial charge in [0, 0.05) is 5.54 Å². The Labute approximate surface area is 227 Å². The van der Waals surface area contributed by atoms with Crippen LogP contribution < -0.4 is 10.6 Å². The smallest absolute Gasteiger partial charge is 0.246 e. The van der Waals surface area contributed by atoms with Crippen LogP contribution in [0.1, 0.15) is 70.6 Å². The Morgan fingerprint density at radius 1 is 0.743 bits per heavy atom. The van der Waals surface area contributed by atoms with Gasteiger partial charge in [-0.15, -0.1) is 46.4 Å². The Morgan fingerprint density at radius 2 is 1.23 bits per heavy atom. The van der Waals surface area contributed by atoms with E-state index >= 15 is 0 Å². The van der Waals surface area contributed by atoms with Gasteiger partial charge in [0.05, 0.1) is 45.4 Å². The summed E-state index contributed by atoms with van der Waals surface area (Å²) in [5, 5.41) is 16.7. The number of carbonyl (C=O) groups is 2. The molecule has 0 heterocycles. The van der Waals surface area contributed by atoms with E-state index in [0.717, 1.165) is 25.7 Å². The number of hydrogen-bond donors (Lipinski definition) is 3. The number of aliphatic hydroxyl groups is 1. The van der Waals surface area contributed by atoms with E-state index in [1.165, 1.54) is 0 Å². The minimum atomic E-state index is -0.745. The largest absolute Gasteiger partial charge is 0.391 e. The van der Waals surface area contributed by atoms with Gasteiger partial charge in [0.1, 0.15) is 13.2 Å². The van der Waals surface area contributed by atoms with E-state index in [9.17, 15) is 14.7 Å². The van der Waals surface area contributed by atoms with Gasteiger partial charge >= 0.3 is 0 Å². The molecule has 5 aliphatic rings. The standard InChI is InChI=1S/C24H36Cl4N2O5/c25-16-3-1-14(9-18(16)27)34-12-21(32)29-23-5-7-24(8-6-23,20(31)11-23)30-22(33)13-35-15-2-4-17(26)19(28)10-15/h14-20,31H,1-13H2,(H,29,32)(H,30,33)/t14?,15?,16?,17?,18?,19?,20-,23?,24?/m0/s1. The lowest BCUT2D eigenvalue weighted by Gasteiger charge is -2.56. The zero-order chi connectivity index (χ0) is 25.2. The van der Waals surface area contributed by atoms with Crippen LogP contribution in [0.2, 0.25) is 0 Å². The average Bonchev–Trinajstić information content (AvgIpc) is 2.82. The van der Waals surface area contributed by atoms with E-state index in [-0.39, 0.29) is 58.7 Å². The zero-order valence-corrected chi connectivity index (χ0v) is 22.8. The summed E-state index contributed by atoms with van der Waals surface area (Å²) in [5.74, 6) is -0.424. The van der Waals surface area contributed by atoms with Gasteiger partial charge in [-0.3, -0.25) is 9.59 Å². The van der Waals surface area contributed by atoms with E-state index in [0.29, 0.717) is 44.9 Å². The van der Waals surface area contributed by atoms with Gasteiger partial charge < -0.3 is 25.2 Å². The van der Waals surface area contributed by atoms with E-state index < -0.39 is 17.2 Å². The van der Waals surface area contributed by atoms with Crippen LogP contribution in [0.25, 0.3) is 0 Å². The lowest BCUT2D eigenvalue weighted by atomic mass is 9.60. The maximum absolute atomic E-state index is 12.7. The third-order valence-electron chi connectivity index (χ3n) is 8.30. The van der Waals surface area contributed by atoms with Crippen molar-refractivity contribution in [1.82, 2.24) is 10.6 Å². The number of rotatable bonds is 8. The third-order valence-corrected chi connectivity index (χ3v) is 10.6. The second-order valence-electron chi connectivity index (χ2n) is 10.8. The molecule has 11 heteroatoms. The van der Waals surface area contributed by atoms with Crippen molar-refractivity contribution in [3.63, 3.8) is 0 Å². The number of alkyl halides is 4. The molecule has 0 aliphatic heterocycles. The minimum Gasteiger partial charge on any atom is -0.391 e. The molecule has 5 aliphatic carbocycles. The quantitative estimate of drug-likeness (QED) is 0.385. The first-order valence-electron chi connectivity index (χ1n) is 12.7. The molecule has 2 bridgehead atoms. The van der Waals surface area contributed by atoms with Crippen LogP contribution in [0.15, 0.2) is 0 Å². The summed E-state index contributed by atoms with van der Waals surface area (Å²) < 4.78 is 11.6. The number of halogens is 4. The fourth-order valence-electron chi connectivity index (χ4n) is 6.08. The predicted octanol–water partition coefficient (Wildman–Crippen LogP) is 3.60. The molecule has 0 radical (unpaired) electrons. The van der Waals surface area contributed by atoms with Crippen LogP contribution >= 0.6 is 46.4 Å². The van der Waals surface area contributed by atoms with Crippen molar-refractivity contribution in [2.75, 3.05) is 13.2 Å². The van der Waals surface area contributed by atoms with Gasteiger partial charge in [0.25, 0.3) is 0 Å². The van der Waals surface area contributed by atoms with Crippen molar-refractivity contribution in [3.05, 3.63) is 0 Å². The first-order valence-corrected chi connectivity index (χ1v) is 14.4. The summed E-state index contributed by atoms with van der Waals surface area (Å²) in [6.07, 6.45) is 6.45. The minimum absolute atomic E-state index is 0.0346. The van der Waals surface area contributed by atoms with E-state index in [4.69, 9.17) is 55.9 Å². The van der Waals surface area contributed by atoms with Gasteiger partial charge in [-0.2, -0.15) is 0 Å². The van der Waals surface area contributed by atoms with Crippen molar-refractivity contribution in [2.24, 2.45) is 0 Å². The molecule has 0 aromatic rings. The van der Waals surface area contributed by atoms with Crippen LogP contribution in [0.5, 0.6) is 0 Å². The Kier molecular flexibility index (Phi) is 9.44. The van der Waals surface area contributed by atoms with Gasteiger partial charge in [0.15, 0.2) is 0 Å². The van der Waals surface area contributed by atoms with Crippen LogP contribution in [0.3, 0.4) is 0 Å². The number of ether oxygens (including phenoxy) is 2. The molecule has 6 unspecified atom stereocenters. The zero-order valence-electron chi connectivity index (χ0n) is 19.8. The van der Waals surface area contributed by atoms with E-state index in [1.54, 1.807) is 0 Å². The van der Waals surface area contributed by atoms with Gasteiger partial charge in [-0.25, -0.2) is 0 Å². The summed E-state index contributed by atoms with van der Waals surface area (Å²) in [6.45, 7) is -0.100. The molecule has 2 amide bonds. The second-order valence-corrected chi connectivity index (χ2v) is 13.1. The molecule has 0 spiro atoms. The van der Waals surface area contributed by atoms with E-state index in [1.807, 2.05) is 0 Å².